The average molecular weight is 593 g/mol. The molecule has 0 aliphatic rings. The lowest BCUT2D eigenvalue weighted by Crippen LogP contribution is -2.50. The summed E-state index contributed by atoms with van der Waals surface area (Å²) in [5, 5.41) is 3.19. The van der Waals surface area contributed by atoms with Gasteiger partial charge in [0.2, 0.25) is 11.8 Å². The Bertz CT molecular complexity index is 1460. The molecule has 208 valence electrons. The van der Waals surface area contributed by atoms with Gasteiger partial charge in [-0.1, -0.05) is 53.0 Å². The Morgan fingerprint density at radius 3 is 2.18 bits per heavy atom. The van der Waals surface area contributed by atoms with E-state index in [9.17, 15) is 18.0 Å². The summed E-state index contributed by atoms with van der Waals surface area (Å²) in [7, 11) is -1.33. The number of nitrogens with zero attached hydrogens (tertiary/aromatic N) is 2. The van der Waals surface area contributed by atoms with Crippen LogP contribution in [0.15, 0.2) is 65.6 Å². The van der Waals surface area contributed by atoms with E-state index >= 15 is 0 Å². The molecule has 39 heavy (non-hydrogen) atoms. The molecule has 2 amide bonds. The van der Waals surface area contributed by atoms with Crippen LogP contribution in [0.3, 0.4) is 0 Å². The summed E-state index contributed by atoms with van der Waals surface area (Å²) >= 11 is 12.2. The number of carbonyl (C=O) groups excluding carboxylic acids is 2. The maximum absolute atomic E-state index is 14.0. The summed E-state index contributed by atoms with van der Waals surface area (Å²) in [6.07, 6.45) is 0. The van der Waals surface area contributed by atoms with Gasteiger partial charge >= 0.3 is 0 Å². The maximum Gasteiger partial charge on any atom is 0.264 e. The molecular weight excluding hydrogens is 561 g/mol. The van der Waals surface area contributed by atoms with Crippen molar-refractivity contribution in [2.75, 3.05) is 25.0 Å². The van der Waals surface area contributed by atoms with E-state index < -0.39 is 34.4 Å². The van der Waals surface area contributed by atoms with Gasteiger partial charge in [0.1, 0.15) is 18.3 Å². The SMILES string of the molecule is CNC(=O)C(C)N(Cc1ccc(Cl)c(Cl)c1)C(=O)CN(c1cc(C)ccc1OC)S(=O)(=O)c1ccc(C)cc1. The lowest BCUT2D eigenvalue weighted by Gasteiger charge is -2.32. The third-order valence-corrected chi connectivity index (χ3v) is 8.75. The number of sulfonamides is 1. The fourth-order valence-corrected chi connectivity index (χ4v) is 5.71. The first-order valence-electron chi connectivity index (χ1n) is 12.1. The van der Waals surface area contributed by atoms with Crippen LogP contribution in [-0.4, -0.2) is 51.9 Å². The van der Waals surface area contributed by atoms with E-state index in [1.807, 2.05) is 13.8 Å². The first kappa shape index (κ1) is 30.3. The van der Waals surface area contributed by atoms with Gasteiger partial charge in [0, 0.05) is 13.6 Å². The van der Waals surface area contributed by atoms with Crippen molar-refractivity contribution in [2.24, 2.45) is 0 Å². The topological polar surface area (TPSA) is 96.0 Å². The second kappa shape index (κ2) is 12.7. The number of hydrogen-bond donors (Lipinski definition) is 1. The van der Waals surface area contributed by atoms with E-state index in [0.29, 0.717) is 15.6 Å². The van der Waals surface area contributed by atoms with Crippen LogP contribution in [-0.2, 0) is 26.2 Å². The summed E-state index contributed by atoms with van der Waals surface area (Å²) < 4.78 is 34.4. The molecule has 0 saturated heterocycles. The number of nitrogens with one attached hydrogen (secondary N) is 1. The molecule has 1 atom stereocenters. The van der Waals surface area contributed by atoms with Crippen molar-refractivity contribution in [3.63, 3.8) is 0 Å². The van der Waals surface area contributed by atoms with Gasteiger partial charge in [0.05, 0.1) is 27.7 Å². The third-order valence-electron chi connectivity index (χ3n) is 6.24. The molecule has 0 saturated carbocycles. The minimum absolute atomic E-state index is 0.00627. The molecule has 1 unspecified atom stereocenters. The van der Waals surface area contributed by atoms with Crippen LogP contribution in [0.25, 0.3) is 0 Å². The summed E-state index contributed by atoms with van der Waals surface area (Å²) in [5.74, 6) is -0.736. The Kier molecular flexibility index (Phi) is 9.88. The van der Waals surface area contributed by atoms with Crippen molar-refractivity contribution in [3.05, 3.63) is 87.4 Å². The highest BCUT2D eigenvalue weighted by Crippen LogP contribution is 2.34. The first-order valence-corrected chi connectivity index (χ1v) is 14.3. The van der Waals surface area contributed by atoms with Crippen molar-refractivity contribution in [2.45, 2.75) is 38.3 Å². The molecule has 0 bridgehead atoms. The number of likely N-dealkylation sites (N-methyl/N-ethyl adjacent to an activating group) is 1. The first-order chi connectivity index (χ1) is 18.4. The fourth-order valence-electron chi connectivity index (χ4n) is 3.97. The number of amides is 2. The molecule has 0 fully saturated rings. The zero-order valence-corrected chi connectivity index (χ0v) is 24.7. The van der Waals surface area contributed by atoms with Crippen molar-refractivity contribution in [1.82, 2.24) is 10.2 Å². The van der Waals surface area contributed by atoms with Crippen molar-refractivity contribution in [1.29, 1.82) is 0 Å². The number of hydrogen-bond acceptors (Lipinski definition) is 5. The molecule has 0 aromatic heterocycles. The Balaban J connectivity index is 2.11. The lowest BCUT2D eigenvalue weighted by molar-refractivity contribution is -0.139. The number of ether oxygens (including phenoxy) is 1. The monoisotopic (exact) mass is 591 g/mol. The molecule has 0 aliphatic heterocycles. The second-order valence-electron chi connectivity index (χ2n) is 9.06. The normalized spacial score (nSPS) is 12.0. The molecule has 0 heterocycles. The van der Waals surface area contributed by atoms with E-state index in [4.69, 9.17) is 27.9 Å². The van der Waals surface area contributed by atoms with E-state index in [0.717, 1.165) is 15.4 Å². The van der Waals surface area contributed by atoms with Crippen LogP contribution in [0, 0.1) is 13.8 Å². The highest BCUT2D eigenvalue weighted by atomic mass is 35.5. The Morgan fingerprint density at radius 2 is 1.59 bits per heavy atom. The number of halogens is 2. The third kappa shape index (κ3) is 7.03. The van der Waals surface area contributed by atoms with Gasteiger partial charge in [-0.25, -0.2) is 8.42 Å². The molecule has 1 N–H and O–H groups in total. The standard InChI is InChI=1S/C28H31Cl2N3O5S/c1-18-6-10-22(11-7-18)39(36,37)33(25-14-19(2)8-13-26(25)38-5)17-27(34)32(20(3)28(35)31-4)16-21-9-12-23(29)24(30)15-21/h6-15,20H,16-17H2,1-5H3,(H,31,35). The van der Waals surface area contributed by atoms with Crippen LogP contribution in [0.1, 0.15) is 23.6 Å². The largest absolute Gasteiger partial charge is 0.495 e. The van der Waals surface area contributed by atoms with Gasteiger partial charge < -0.3 is 15.0 Å². The van der Waals surface area contributed by atoms with Gasteiger partial charge in [0.15, 0.2) is 0 Å². The molecule has 3 aromatic carbocycles. The van der Waals surface area contributed by atoms with Crippen LogP contribution >= 0.6 is 23.2 Å². The van der Waals surface area contributed by atoms with Gasteiger partial charge in [-0.15, -0.1) is 0 Å². The van der Waals surface area contributed by atoms with Crippen molar-refractivity contribution >= 4 is 50.7 Å². The number of rotatable bonds is 10. The maximum atomic E-state index is 14.0. The quantitative estimate of drug-likeness (QED) is 0.359. The van der Waals surface area contributed by atoms with Gasteiger partial charge in [0.25, 0.3) is 10.0 Å². The summed E-state index contributed by atoms with van der Waals surface area (Å²) in [6.45, 7) is 4.64. The fraction of sp³-hybridized carbons (Fsp3) is 0.286. The molecule has 0 radical (unpaired) electrons. The Hall–Kier alpha value is -3.27. The zero-order chi connectivity index (χ0) is 28.9. The number of carbonyl (C=O) groups is 2. The molecule has 0 spiro atoms. The molecular formula is C28H31Cl2N3O5S. The van der Waals surface area contributed by atoms with Crippen LogP contribution in [0.4, 0.5) is 5.69 Å². The number of methoxy groups -OCH3 is 1. The lowest BCUT2D eigenvalue weighted by atomic mass is 10.1. The zero-order valence-electron chi connectivity index (χ0n) is 22.4. The molecule has 3 rings (SSSR count). The van der Waals surface area contributed by atoms with Crippen molar-refractivity contribution < 1.29 is 22.7 Å². The molecule has 3 aromatic rings. The van der Waals surface area contributed by atoms with E-state index in [-0.39, 0.29) is 22.9 Å². The molecule has 11 heteroatoms. The molecule has 0 aliphatic carbocycles. The van der Waals surface area contributed by atoms with Crippen LogP contribution in [0.5, 0.6) is 5.75 Å². The highest BCUT2D eigenvalue weighted by molar-refractivity contribution is 7.92. The van der Waals surface area contributed by atoms with Crippen LogP contribution in [0.2, 0.25) is 10.0 Å². The number of benzene rings is 3. The Morgan fingerprint density at radius 1 is 0.949 bits per heavy atom. The summed E-state index contributed by atoms with van der Waals surface area (Å²) in [4.78, 5) is 27.8. The summed E-state index contributed by atoms with van der Waals surface area (Å²) in [5.41, 5.74) is 2.48. The second-order valence-corrected chi connectivity index (χ2v) is 11.7. The van der Waals surface area contributed by atoms with Gasteiger partial charge in [-0.3, -0.25) is 13.9 Å². The van der Waals surface area contributed by atoms with Crippen molar-refractivity contribution in [3.8, 4) is 5.75 Å². The van der Waals surface area contributed by atoms with Crippen LogP contribution < -0.4 is 14.4 Å². The van der Waals surface area contributed by atoms with E-state index in [1.165, 1.54) is 31.2 Å². The van der Waals surface area contributed by atoms with Gasteiger partial charge in [-0.05, 0) is 68.3 Å². The summed E-state index contributed by atoms with van der Waals surface area (Å²) in [6, 6.07) is 15.4. The van der Waals surface area contributed by atoms with Gasteiger partial charge in [-0.2, -0.15) is 0 Å². The Labute approximate surface area is 239 Å². The van der Waals surface area contributed by atoms with E-state index in [1.54, 1.807) is 55.5 Å². The van der Waals surface area contributed by atoms with E-state index in [2.05, 4.69) is 5.32 Å². The minimum Gasteiger partial charge on any atom is -0.495 e. The predicted octanol–water partition coefficient (Wildman–Crippen LogP) is 4.98. The minimum atomic E-state index is -4.22. The predicted molar refractivity (Wildman–Crippen MR) is 154 cm³/mol. The smallest absolute Gasteiger partial charge is 0.264 e. The molecule has 8 nitrogen and oxygen atoms in total. The number of anilines is 1. The number of aryl methyl sites for hydroxylation is 2. The highest BCUT2D eigenvalue weighted by Gasteiger charge is 2.33. The average Bonchev–Trinajstić information content (AvgIpc) is 2.91.